The minimum atomic E-state index is -0.558. The Bertz CT molecular complexity index is 200. The highest BCUT2D eigenvalue weighted by atomic mass is 16.5. The standard InChI is InChI=1S/C8H18N4O3.C2H6/c9-6-15-5-2-7(13)11-3-1-4-12-8(10)14;1-2/h1-6,9H2,(H,11,13)(H3,10,12,14);1-2H3. The monoisotopic (exact) mass is 248 g/mol. The second-order valence-corrected chi connectivity index (χ2v) is 2.82. The number of ether oxygens (including phenoxy) is 1. The van der Waals surface area contributed by atoms with Crippen molar-refractivity contribution in [1.29, 1.82) is 0 Å². The first-order valence-corrected chi connectivity index (χ1v) is 5.74. The third kappa shape index (κ3) is 17.3. The van der Waals surface area contributed by atoms with Crippen molar-refractivity contribution >= 4 is 11.9 Å². The largest absolute Gasteiger partial charge is 0.366 e. The molecule has 0 aromatic rings. The molecule has 0 aliphatic heterocycles. The van der Waals surface area contributed by atoms with Crippen molar-refractivity contribution in [2.75, 3.05) is 26.4 Å². The fraction of sp³-hybridized carbons (Fsp3) is 0.800. The zero-order valence-corrected chi connectivity index (χ0v) is 10.6. The molecule has 0 aliphatic carbocycles. The second kappa shape index (κ2) is 14.7. The Morgan fingerprint density at radius 2 is 1.76 bits per heavy atom. The van der Waals surface area contributed by atoms with Crippen molar-refractivity contribution in [2.24, 2.45) is 11.5 Å². The van der Waals surface area contributed by atoms with E-state index in [1.807, 2.05) is 13.8 Å². The Morgan fingerprint density at radius 3 is 2.29 bits per heavy atom. The summed E-state index contributed by atoms with van der Waals surface area (Å²) in [5.41, 5.74) is 9.93. The highest BCUT2D eigenvalue weighted by Crippen LogP contribution is 1.82. The Morgan fingerprint density at radius 1 is 1.18 bits per heavy atom. The van der Waals surface area contributed by atoms with Crippen molar-refractivity contribution in [2.45, 2.75) is 26.7 Å². The van der Waals surface area contributed by atoms with Gasteiger partial charge < -0.3 is 26.8 Å². The molecule has 0 aliphatic rings. The molecular weight excluding hydrogens is 224 g/mol. The summed E-state index contributed by atoms with van der Waals surface area (Å²) in [6.45, 7) is 5.40. The number of amides is 3. The van der Waals surface area contributed by atoms with E-state index in [1.54, 1.807) is 0 Å². The number of primary amides is 1. The number of hydrogen-bond acceptors (Lipinski definition) is 4. The highest BCUT2D eigenvalue weighted by Gasteiger charge is 1.99. The van der Waals surface area contributed by atoms with Crippen molar-refractivity contribution in [3.8, 4) is 0 Å². The molecular formula is C10H24N4O3. The molecule has 0 aromatic carbocycles. The van der Waals surface area contributed by atoms with Gasteiger partial charge in [0.15, 0.2) is 0 Å². The lowest BCUT2D eigenvalue weighted by Crippen LogP contribution is -2.33. The van der Waals surface area contributed by atoms with Gasteiger partial charge in [-0.2, -0.15) is 0 Å². The molecule has 0 fully saturated rings. The van der Waals surface area contributed by atoms with Gasteiger partial charge in [-0.05, 0) is 6.42 Å². The Kier molecular flexibility index (Phi) is 15.6. The Balaban J connectivity index is 0. The number of nitrogens with two attached hydrogens (primary N) is 2. The van der Waals surface area contributed by atoms with Crippen LogP contribution in [-0.4, -0.2) is 38.4 Å². The van der Waals surface area contributed by atoms with Crippen molar-refractivity contribution in [1.82, 2.24) is 10.6 Å². The fourth-order valence-electron chi connectivity index (χ4n) is 0.864. The Hall–Kier alpha value is -1.34. The molecule has 0 bridgehead atoms. The van der Waals surface area contributed by atoms with E-state index in [-0.39, 0.29) is 12.6 Å². The minimum Gasteiger partial charge on any atom is -0.366 e. The summed E-state index contributed by atoms with van der Waals surface area (Å²) >= 11 is 0. The van der Waals surface area contributed by atoms with Crippen molar-refractivity contribution in [3.63, 3.8) is 0 Å². The van der Waals surface area contributed by atoms with Crippen LogP contribution in [0.4, 0.5) is 4.79 Å². The van der Waals surface area contributed by atoms with E-state index in [4.69, 9.17) is 16.2 Å². The molecule has 7 heteroatoms. The van der Waals surface area contributed by atoms with E-state index in [9.17, 15) is 9.59 Å². The molecule has 0 heterocycles. The van der Waals surface area contributed by atoms with Gasteiger partial charge >= 0.3 is 6.03 Å². The highest BCUT2D eigenvalue weighted by molar-refractivity contribution is 5.75. The number of hydrogen-bond donors (Lipinski definition) is 4. The summed E-state index contributed by atoms with van der Waals surface area (Å²) in [7, 11) is 0. The van der Waals surface area contributed by atoms with Crippen LogP contribution >= 0.6 is 0 Å². The summed E-state index contributed by atoms with van der Waals surface area (Å²) in [6, 6.07) is -0.558. The number of urea groups is 1. The van der Waals surface area contributed by atoms with Crippen LogP contribution in [0.2, 0.25) is 0 Å². The number of carbonyl (C=O) groups is 2. The zero-order valence-electron chi connectivity index (χ0n) is 10.6. The predicted molar refractivity (Wildman–Crippen MR) is 66.2 cm³/mol. The number of nitrogens with one attached hydrogen (secondary N) is 2. The summed E-state index contributed by atoms with van der Waals surface area (Å²) in [4.78, 5) is 21.3. The third-order valence-electron chi connectivity index (χ3n) is 1.57. The molecule has 0 atom stereocenters. The molecule has 0 aromatic heterocycles. The van der Waals surface area contributed by atoms with Gasteiger partial charge in [0.05, 0.1) is 19.8 Å². The molecule has 0 spiro atoms. The van der Waals surface area contributed by atoms with Crippen molar-refractivity contribution in [3.05, 3.63) is 0 Å². The van der Waals surface area contributed by atoms with Crippen LogP contribution < -0.4 is 22.1 Å². The zero-order chi connectivity index (χ0) is 13.5. The molecule has 6 N–H and O–H groups in total. The van der Waals surface area contributed by atoms with Crippen LogP contribution in [0, 0.1) is 0 Å². The fourth-order valence-corrected chi connectivity index (χ4v) is 0.864. The summed E-state index contributed by atoms with van der Waals surface area (Å²) in [6.07, 6.45) is 0.937. The topological polar surface area (TPSA) is 119 Å². The first-order chi connectivity index (χ1) is 8.16. The van der Waals surface area contributed by atoms with E-state index >= 15 is 0 Å². The number of rotatable bonds is 8. The molecule has 0 saturated heterocycles. The van der Waals surface area contributed by atoms with Gasteiger partial charge in [-0.25, -0.2) is 4.79 Å². The molecule has 3 amide bonds. The molecule has 102 valence electrons. The van der Waals surface area contributed by atoms with E-state index in [2.05, 4.69) is 10.6 Å². The van der Waals surface area contributed by atoms with Crippen LogP contribution in [-0.2, 0) is 9.53 Å². The van der Waals surface area contributed by atoms with Gasteiger partial charge in [-0.3, -0.25) is 4.79 Å². The lowest BCUT2D eigenvalue weighted by molar-refractivity contribution is -0.122. The molecule has 0 saturated carbocycles. The summed E-state index contributed by atoms with van der Waals surface area (Å²) < 4.78 is 4.81. The minimum absolute atomic E-state index is 0.0949. The lowest BCUT2D eigenvalue weighted by atomic mass is 10.4. The SMILES string of the molecule is CC.NCOCCC(=O)NCCCNC(N)=O. The second-order valence-electron chi connectivity index (χ2n) is 2.82. The van der Waals surface area contributed by atoms with Gasteiger partial charge in [0, 0.05) is 13.1 Å². The first kappa shape index (κ1) is 18.0. The first-order valence-electron chi connectivity index (χ1n) is 5.74. The normalized spacial score (nSPS) is 8.88. The van der Waals surface area contributed by atoms with Gasteiger partial charge in [0.25, 0.3) is 0 Å². The maximum absolute atomic E-state index is 11.1. The lowest BCUT2D eigenvalue weighted by Gasteiger charge is -2.05. The van der Waals surface area contributed by atoms with Gasteiger partial charge in [0.1, 0.15) is 0 Å². The third-order valence-corrected chi connectivity index (χ3v) is 1.57. The average Bonchev–Trinajstić information content (AvgIpc) is 2.31. The number of carbonyl (C=O) groups excluding carboxylic acids is 2. The van der Waals surface area contributed by atoms with E-state index in [0.29, 0.717) is 32.5 Å². The molecule has 0 unspecified atom stereocenters. The van der Waals surface area contributed by atoms with Gasteiger partial charge in [-0.1, -0.05) is 13.8 Å². The predicted octanol–water partition coefficient (Wildman–Crippen LogP) is -0.490. The van der Waals surface area contributed by atoms with Crippen LogP contribution in [0.5, 0.6) is 0 Å². The quantitative estimate of drug-likeness (QED) is 0.342. The van der Waals surface area contributed by atoms with Crippen LogP contribution in [0.25, 0.3) is 0 Å². The molecule has 0 radical (unpaired) electrons. The van der Waals surface area contributed by atoms with Crippen LogP contribution in [0.1, 0.15) is 26.7 Å². The van der Waals surface area contributed by atoms with E-state index in [0.717, 1.165) is 0 Å². The molecule has 0 rings (SSSR count). The molecule has 17 heavy (non-hydrogen) atoms. The Labute approximate surface area is 102 Å². The maximum atomic E-state index is 11.1. The van der Waals surface area contributed by atoms with Gasteiger partial charge in [-0.15, -0.1) is 0 Å². The van der Waals surface area contributed by atoms with E-state index in [1.165, 1.54) is 0 Å². The smallest absolute Gasteiger partial charge is 0.312 e. The van der Waals surface area contributed by atoms with Gasteiger partial charge in [0.2, 0.25) is 5.91 Å². The average molecular weight is 248 g/mol. The van der Waals surface area contributed by atoms with Crippen LogP contribution in [0.15, 0.2) is 0 Å². The molecule has 7 nitrogen and oxygen atoms in total. The summed E-state index contributed by atoms with van der Waals surface area (Å²) in [5, 5.41) is 5.08. The van der Waals surface area contributed by atoms with E-state index < -0.39 is 6.03 Å². The summed E-state index contributed by atoms with van der Waals surface area (Å²) in [5.74, 6) is -0.0949. The van der Waals surface area contributed by atoms with Crippen LogP contribution in [0.3, 0.4) is 0 Å². The maximum Gasteiger partial charge on any atom is 0.312 e. The van der Waals surface area contributed by atoms with Crippen molar-refractivity contribution < 1.29 is 14.3 Å².